The molecule has 0 bridgehead atoms. The maximum Gasteiger partial charge on any atom is 0.253 e. The lowest BCUT2D eigenvalue weighted by molar-refractivity contribution is 0.0964. The van der Waals surface area contributed by atoms with Crippen LogP contribution >= 0.6 is 0 Å². The Labute approximate surface area is 114 Å². The van der Waals surface area contributed by atoms with Crippen molar-refractivity contribution in [2.24, 2.45) is 0 Å². The molecule has 0 aliphatic rings. The highest BCUT2D eigenvalue weighted by molar-refractivity contribution is 6.00. The summed E-state index contributed by atoms with van der Waals surface area (Å²) in [5.41, 5.74) is 6.56. The van der Waals surface area contributed by atoms with Crippen molar-refractivity contribution < 1.29 is 13.6 Å². The first-order valence-electron chi connectivity index (χ1n) is 5.85. The predicted octanol–water partition coefficient (Wildman–Crippen LogP) is 2.65. The van der Waals surface area contributed by atoms with E-state index < -0.39 is 11.6 Å². The maximum absolute atomic E-state index is 13.6. The van der Waals surface area contributed by atoms with Crippen molar-refractivity contribution in [1.82, 2.24) is 5.32 Å². The molecular weight excluding hydrogens is 264 g/mol. The van der Waals surface area contributed by atoms with Crippen molar-refractivity contribution >= 4 is 23.0 Å². The molecule has 104 valence electrons. The van der Waals surface area contributed by atoms with Crippen LogP contribution in [0.5, 0.6) is 0 Å². The van der Waals surface area contributed by atoms with Gasteiger partial charge in [-0.1, -0.05) is 6.07 Å². The maximum atomic E-state index is 13.6. The third-order valence-corrected chi connectivity index (χ3v) is 2.74. The molecule has 4 N–H and O–H groups in total. The number of nitrogens with one attached hydrogen (secondary N) is 2. The molecule has 0 saturated heterocycles. The van der Waals surface area contributed by atoms with E-state index in [2.05, 4.69) is 10.6 Å². The van der Waals surface area contributed by atoms with Gasteiger partial charge in [0.05, 0.1) is 16.9 Å². The molecule has 0 spiro atoms. The summed E-state index contributed by atoms with van der Waals surface area (Å²) in [5, 5.41) is 5.15. The quantitative estimate of drug-likeness (QED) is 0.755. The van der Waals surface area contributed by atoms with Gasteiger partial charge < -0.3 is 16.4 Å². The van der Waals surface area contributed by atoms with E-state index in [0.29, 0.717) is 11.4 Å². The van der Waals surface area contributed by atoms with Crippen molar-refractivity contribution in [2.75, 3.05) is 18.1 Å². The molecule has 0 aliphatic heterocycles. The number of benzene rings is 2. The first-order chi connectivity index (χ1) is 9.52. The normalized spacial score (nSPS) is 10.2. The summed E-state index contributed by atoms with van der Waals surface area (Å²) >= 11 is 0. The molecular formula is C14H13F2N3O. The van der Waals surface area contributed by atoms with E-state index in [0.717, 1.165) is 6.07 Å². The number of nitrogens with two attached hydrogens (primary N) is 1. The fourth-order valence-electron chi connectivity index (χ4n) is 1.74. The Morgan fingerprint density at radius 3 is 2.60 bits per heavy atom. The van der Waals surface area contributed by atoms with E-state index in [4.69, 9.17) is 5.73 Å². The Balaban J connectivity index is 2.44. The smallest absolute Gasteiger partial charge is 0.253 e. The molecule has 0 radical (unpaired) electrons. The molecule has 2 aromatic carbocycles. The standard InChI is InChI=1S/C14H13F2N3O/c1-18-14(20)9-6-5-8(17)7-12(9)19-11-4-2-3-10(15)13(11)16/h2-7,19H,17H2,1H3,(H,18,20). The molecule has 0 fully saturated rings. The summed E-state index contributed by atoms with van der Waals surface area (Å²) < 4.78 is 26.8. The van der Waals surface area contributed by atoms with Crippen molar-refractivity contribution in [1.29, 1.82) is 0 Å². The first-order valence-corrected chi connectivity index (χ1v) is 5.85. The molecule has 1 amide bonds. The molecule has 0 aromatic heterocycles. The van der Waals surface area contributed by atoms with Gasteiger partial charge in [0.2, 0.25) is 0 Å². The van der Waals surface area contributed by atoms with E-state index in [1.54, 1.807) is 6.07 Å². The van der Waals surface area contributed by atoms with Crippen molar-refractivity contribution in [2.45, 2.75) is 0 Å². The van der Waals surface area contributed by atoms with Gasteiger partial charge in [-0.15, -0.1) is 0 Å². The van der Waals surface area contributed by atoms with Crippen LogP contribution in [0.3, 0.4) is 0 Å². The molecule has 6 heteroatoms. The van der Waals surface area contributed by atoms with Crippen LogP contribution in [0.2, 0.25) is 0 Å². The number of amides is 1. The van der Waals surface area contributed by atoms with Gasteiger partial charge >= 0.3 is 0 Å². The highest BCUT2D eigenvalue weighted by Gasteiger charge is 2.13. The van der Waals surface area contributed by atoms with Crippen LogP contribution in [0.1, 0.15) is 10.4 Å². The molecule has 0 aliphatic carbocycles. The summed E-state index contributed by atoms with van der Waals surface area (Å²) in [5.74, 6) is -2.34. The SMILES string of the molecule is CNC(=O)c1ccc(N)cc1Nc1cccc(F)c1F. The zero-order valence-corrected chi connectivity index (χ0v) is 10.7. The lowest BCUT2D eigenvalue weighted by atomic mass is 10.1. The summed E-state index contributed by atoms with van der Waals surface area (Å²) in [7, 11) is 1.48. The second-order valence-corrected chi connectivity index (χ2v) is 4.11. The summed E-state index contributed by atoms with van der Waals surface area (Å²) in [6, 6.07) is 8.29. The zero-order valence-electron chi connectivity index (χ0n) is 10.7. The third kappa shape index (κ3) is 2.69. The number of halogens is 2. The largest absolute Gasteiger partial charge is 0.399 e. The number of nitrogen functional groups attached to an aromatic ring is 1. The first kappa shape index (κ1) is 13.8. The van der Waals surface area contributed by atoms with Crippen molar-refractivity contribution in [3.8, 4) is 0 Å². The average Bonchev–Trinajstić information content (AvgIpc) is 2.43. The number of carbonyl (C=O) groups excluding carboxylic acids is 1. The summed E-state index contributed by atoms with van der Waals surface area (Å²) in [6.45, 7) is 0. The summed E-state index contributed by atoms with van der Waals surface area (Å²) in [4.78, 5) is 11.7. The topological polar surface area (TPSA) is 67.2 Å². The van der Waals surface area contributed by atoms with Crippen LogP contribution in [0.25, 0.3) is 0 Å². The highest BCUT2D eigenvalue weighted by atomic mass is 19.2. The molecule has 0 saturated carbocycles. The summed E-state index contributed by atoms with van der Waals surface area (Å²) in [6.07, 6.45) is 0. The van der Waals surface area contributed by atoms with Crippen LogP contribution in [-0.2, 0) is 0 Å². The number of anilines is 3. The Bertz CT molecular complexity index is 659. The lowest BCUT2D eigenvalue weighted by Gasteiger charge is -2.13. The van der Waals surface area contributed by atoms with Gasteiger partial charge in [-0.05, 0) is 30.3 Å². The van der Waals surface area contributed by atoms with Gasteiger partial charge in [0.15, 0.2) is 11.6 Å². The second kappa shape index (κ2) is 5.56. The van der Waals surface area contributed by atoms with Gasteiger partial charge in [-0.3, -0.25) is 4.79 Å². The number of rotatable bonds is 3. The van der Waals surface area contributed by atoms with E-state index in [9.17, 15) is 13.6 Å². The minimum Gasteiger partial charge on any atom is -0.399 e. The Morgan fingerprint density at radius 2 is 1.90 bits per heavy atom. The van der Waals surface area contributed by atoms with Gasteiger partial charge in [0.25, 0.3) is 5.91 Å². The van der Waals surface area contributed by atoms with Gasteiger partial charge in [-0.25, -0.2) is 8.78 Å². The van der Waals surface area contributed by atoms with Crippen LogP contribution < -0.4 is 16.4 Å². The third-order valence-electron chi connectivity index (χ3n) is 2.74. The molecule has 2 aromatic rings. The van der Waals surface area contributed by atoms with E-state index in [-0.39, 0.29) is 17.2 Å². The highest BCUT2D eigenvalue weighted by Crippen LogP contribution is 2.26. The fraction of sp³-hybridized carbons (Fsp3) is 0.0714. The van der Waals surface area contributed by atoms with Crippen LogP contribution in [0.4, 0.5) is 25.8 Å². The van der Waals surface area contributed by atoms with E-state index in [1.165, 1.54) is 31.3 Å². The monoisotopic (exact) mass is 277 g/mol. The molecule has 20 heavy (non-hydrogen) atoms. The fourth-order valence-corrected chi connectivity index (χ4v) is 1.74. The molecule has 0 heterocycles. The number of carbonyl (C=O) groups is 1. The van der Waals surface area contributed by atoms with Crippen LogP contribution in [-0.4, -0.2) is 13.0 Å². The molecule has 0 atom stereocenters. The molecule has 0 unspecified atom stereocenters. The molecule has 2 rings (SSSR count). The Morgan fingerprint density at radius 1 is 1.15 bits per heavy atom. The van der Waals surface area contributed by atoms with Crippen molar-refractivity contribution in [3.63, 3.8) is 0 Å². The van der Waals surface area contributed by atoms with Crippen molar-refractivity contribution in [3.05, 3.63) is 53.6 Å². The lowest BCUT2D eigenvalue weighted by Crippen LogP contribution is -2.19. The average molecular weight is 277 g/mol. The Hall–Kier alpha value is -2.63. The predicted molar refractivity (Wildman–Crippen MR) is 73.9 cm³/mol. The Kier molecular flexibility index (Phi) is 3.84. The molecule has 4 nitrogen and oxygen atoms in total. The number of hydrogen-bond acceptors (Lipinski definition) is 3. The minimum absolute atomic E-state index is 0.0687. The second-order valence-electron chi connectivity index (χ2n) is 4.11. The van der Waals surface area contributed by atoms with Crippen LogP contribution in [0.15, 0.2) is 36.4 Å². The number of hydrogen-bond donors (Lipinski definition) is 3. The van der Waals surface area contributed by atoms with E-state index in [1.807, 2.05) is 0 Å². The van der Waals surface area contributed by atoms with Crippen LogP contribution in [0, 0.1) is 11.6 Å². The van der Waals surface area contributed by atoms with Gasteiger partial charge in [0.1, 0.15) is 0 Å². The van der Waals surface area contributed by atoms with Gasteiger partial charge in [0, 0.05) is 12.7 Å². The van der Waals surface area contributed by atoms with Gasteiger partial charge in [-0.2, -0.15) is 0 Å². The van der Waals surface area contributed by atoms with E-state index >= 15 is 0 Å². The zero-order chi connectivity index (χ0) is 14.7. The minimum atomic E-state index is -1.02.